The molecule has 2 aromatic carbocycles. The van der Waals surface area contributed by atoms with Crippen LogP contribution >= 0.6 is 0 Å². The average Bonchev–Trinajstić information content (AvgIpc) is 3.56. The van der Waals surface area contributed by atoms with E-state index in [9.17, 15) is 35.9 Å². The Bertz CT molecular complexity index is 1710. The molecule has 4 heterocycles. The Morgan fingerprint density at radius 1 is 0.860 bits per heavy atom. The molecule has 2 aromatic heterocycles. The van der Waals surface area contributed by atoms with E-state index in [1.807, 2.05) is 0 Å². The van der Waals surface area contributed by atoms with Gasteiger partial charge < -0.3 is 9.80 Å². The summed E-state index contributed by atoms with van der Waals surface area (Å²) < 4.78 is 82.7. The van der Waals surface area contributed by atoms with E-state index in [4.69, 9.17) is 0 Å². The summed E-state index contributed by atoms with van der Waals surface area (Å²) in [6.07, 6.45) is -1.16. The average molecular weight is 600 g/mol. The van der Waals surface area contributed by atoms with Crippen LogP contribution in [0, 0.1) is 17.5 Å². The SMILES string of the molecule is O=C(c1cc(-c2cccnc2)n(-c2ccc(C(F)(F)F)c(F)c2)n1)N1CCC2(CC1)C(=O)CCN2c1ccc(F)c(F)c1. The minimum absolute atomic E-state index is 0.0280. The molecule has 2 aliphatic heterocycles. The number of hydrogen-bond donors (Lipinski definition) is 0. The number of pyridine rings is 1. The summed E-state index contributed by atoms with van der Waals surface area (Å²) in [5.41, 5.74) is -1.29. The number of piperidine rings is 1. The van der Waals surface area contributed by atoms with E-state index in [1.165, 1.54) is 34.1 Å². The molecule has 0 saturated carbocycles. The first-order valence-electron chi connectivity index (χ1n) is 13.4. The van der Waals surface area contributed by atoms with Crippen molar-refractivity contribution in [2.45, 2.75) is 31.0 Å². The lowest BCUT2D eigenvalue weighted by Crippen LogP contribution is -2.56. The summed E-state index contributed by atoms with van der Waals surface area (Å²) in [5.74, 6) is -4.04. The number of alkyl halides is 3. The number of rotatable bonds is 4. The summed E-state index contributed by atoms with van der Waals surface area (Å²) in [4.78, 5) is 34.0. The number of nitrogens with zero attached hydrogens (tertiary/aromatic N) is 5. The third kappa shape index (κ3) is 5.02. The van der Waals surface area contributed by atoms with Crippen molar-refractivity contribution in [1.82, 2.24) is 19.7 Å². The number of benzene rings is 2. The highest BCUT2D eigenvalue weighted by Crippen LogP contribution is 2.40. The lowest BCUT2D eigenvalue weighted by molar-refractivity contribution is -0.140. The van der Waals surface area contributed by atoms with Gasteiger partial charge in [0.25, 0.3) is 5.91 Å². The van der Waals surface area contributed by atoms with Crippen LogP contribution in [-0.4, -0.2) is 56.5 Å². The Kier molecular flexibility index (Phi) is 6.98. The van der Waals surface area contributed by atoms with Crippen molar-refractivity contribution >= 4 is 17.4 Å². The van der Waals surface area contributed by atoms with Gasteiger partial charge in [-0.15, -0.1) is 0 Å². The first-order chi connectivity index (χ1) is 20.5. The maximum absolute atomic E-state index is 14.5. The van der Waals surface area contributed by atoms with E-state index in [0.29, 0.717) is 35.6 Å². The van der Waals surface area contributed by atoms with Gasteiger partial charge in [-0.25, -0.2) is 17.9 Å². The van der Waals surface area contributed by atoms with Crippen molar-refractivity contribution in [2.75, 3.05) is 24.5 Å². The predicted molar refractivity (Wildman–Crippen MR) is 143 cm³/mol. The second-order valence-corrected chi connectivity index (χ2v) is 10.5. The molecule has 1 spiro atoms. The van der Waals surface area contributed by atoms with Gasteiger partial charge >= 0.3 is 6.18 Å². The number of amides is 1. The van der Waals surface area contributed by atoms with Gasteiger partial charge in [0, 0.05) is 61.8 Å². The normalized spacial score (nSPS) is 16.7. The molecule has 0 N–H and O–H groups in total. The van der Waals surface area contributed by atoms with E-state index in [2.05, 4.69) is 10.1 Å². The van der Waals surface area contributed by atoms with E-state index in [0.717, 1.165) is 18.2 Å². The molecule has 4 aromatic rings. The maximum Gasteiger partial charge on any atom is 0.419 e. The summed E-state index contributed by atoms with van der Waals surface area (Å²) in [6.45, 7) is 0.657. The highest BCUT2D eigenvalue weighted by Gasteiger charge is 2.50. The van der Waals surface area contributed by atoms with Gasteiger partial charge in [-0.05, 0) is 55.3 Å². The molecule has 0 atom stereocenters. The molecule has 222 valence electrons. The van der Waals surface area contributed by atoms with Crippen molar-refractivity contribution in [3.05, 3.63) is 95.7 Å². The van der Waals surface area contributed by atoms with Gasteiger partial charge in [-0.2, -0.15) is 18.3 Å². The quantitative estimate of drug-likeness (QED) is 0.277. The van der Waals surface area contributed by atoms with Gasteiger partial charge in [0.05, 0.1) is 16.9 Å². The highest BCUT2D eigenvalue weighted by molar-refractivity contribution is 5.97. The van der Waals surface area contributed by atoms with Gasteiger partial charge in [-0.1, -0.05) is 0 Å². The molecule has 2 fully saturated rings. The van der Waals surface area contributed by atoms with Gasteiger partial charge in [0.2, 0.25) is 0 Å². The molecule has 2 saturated heterocycles. The van der Waals surface area contributed by atoms with Crippen LogP contribution in [-0.2, 0) is 11.0 Å². The van der Waals surface area contributed by atoms with E-state index in [1.54, 1.807) is 17.0 Å². The monoisotopic (exact) mass is 599 g/mol. The number of hydrogen-bond acceptors (Lipinski definition) is 5. The highest BCUT2D eigenvalue weighted by atomic mass is 19.4. The van der Waals surface area contributed by atoms with Gasteiger partial charge in [0.15, 0.2) is 23.1 Å². The van der Waals surface area contributed by atoms with Crippen LogP contribution in [0.3, 0.4) is 0 Å². The van der Waals surface area contributed by atoms with E-state index in [-0.39, 0.29) is 49.5 Å². The number of aromatic nitrogens is 3. The Morgan fingerprint density at radius 2 is 1.58 bits per heavy atom. The molecule has 2 aliphatic rings. The topological polar surface area (TPSA) is 71.3 Å². The molecule has 13 heteroatoms. The Balaban J connectivity index is 1.29. The van der Waals surface area contributed by atoms with Crippen LogP contribution in [0.2, 0.25) is 0 Å². The minimum Gasteiger partial charge on any atom is -0.358 e. The maximum atomic E-state index is 14.5. The van der Waals surface area contributed by atoms with Gasteiger partial charge in [0.1, 0.15) is 11.4 Å². The van der Waals surface area contributed by atoms with E-state index < -0.39 is 40.6 Å². The summed E-state index contributed by atoms with van der Waals surface area (Å²) in [5, 5.41) is 4.34. The van der Waals surface area contributed by atoms with Crippen LogP contribution < -0.4 is 4.90 Å². The zero-order valence-electron chi connectivity index (χ0n) is 22.4. The number of likely N-dealkylation sites (tertiary alicyclic amines) is 1. The number of carbonyl (C=O) groups excluding carboxylic acids is 2. The molecule has 1 amide bonds. The first-order valence-corrected chi connectivity index (χ1v) is 13.4. The molecule has 0 aliphatic carbocycles. The van der Waals surface area contributed by atoms with Crippen LogP contribution in [0.1, 0.15) is 35.3 Å². The molecule has 43 heavy (non-hydrogen) atoms. The van der Waals surface area contributed by atoms with Crippen molar-refractivity contribution in [1.29, 1.82) is 0 Å². The van der Waals surface area contributed by atoms with E-state index >= 15 is 0 Å². The molecule has 0 radical (unpaired) electrons. The van der Waals surface area contributed by atoms with Crippen LogP contribution in [0.25, 0.3) is 16.9 Å². The smallest absolute Gasteiger partial charge is 0.358 e. The molecular formula is C30H23F6N5O2. The summed E-state index contributed by atoms with van der Waals surface area (Å²) in [6, 6.07) is 10.6. The fourth-order valence-corrected chi connectivity index (χ4v) is 5.90. The zero-order chi connectivity index (χ0) is 30.5. The zero-order valence-corrected chi connectivity index (χ0v) is 22.4. The second-order valence-electron chi connectivity index (χ2n) is 10.5. The largest absolute Gasteiger partial charge is 0.419 e. The number of anilines is 1. The van der Waals surface area contributed by atoms with Crippen molar-refractivity contribution < 1.29 is 35.9 Å². The lowest BCUT2D eigenvalue weighted by atomic mass is 9.83. The van der Waals surface area contributed by atoms with Crippen LogP contribution in [0.15, 0.2) is 67.0 Å². The fourth-order valence-electron chi connectivity index (χ4n) is 5.90. The van der Waals surface area contributed by atoms with Gasteiger partial charge in [-0.3, -0.25) is 14.6 Å². The number of halogens is 6. The minimum atomic E-state index is -4.88. The third-order valence-corrected chi connectivity index (χ3v) is 8.08. The number of ketones is 1. The van der Waals surface area contributed by atoms with Crippen molar-refractivity contribution in [2.24, 2.45) is 0 Å². The standard InChI is InChI=1S/C30H23F6N5O2/c31-22-6-4-19(14-24(22)33)40-11-7-27(42)29(40)8-12-39(13-9-29)28(43)25-16-26(18-2-1-10-37-17-18)41(38-25)20-3-5-21(23(32)15-20)30(34,35)36/h1-6,10,14-17H,7-9,11-13H2. The van der Waals surface area contributed by atoms with Crippen molar-refractivity contribution in [3.63, 3.8) is 0 Å². The number of Topliss-reactive ketones (excluding diaryl/α,β-unsaturated/α-hetero) is 1. The molecule has 0 unspecified atom stereocenters. The summed E-state index contributed by atoms with van der Waals surface area (Å²) in [7, 11) is 0. The Labute approximate surface area is 241 Å². The predicted octanol–water partition coefficient (Wildman–Crippen LogP) is 5.82. The lowest BCUT2D eigenvalue weighted by Gasteiger charge is -2.44. The van der Waals surface area contributed by atoms with Crippen LogP contribution in [0.5, 0.6) is 0 Å². The first kappa shape index (κ1) is 28.4. The molecule has 7 nitrogen and oxygen atoms in total. The molecule has 6 rings (SSSR count). The Hall–Kier alpha value is -4.68. The fraction of sp³-hybridized carbons (Fsp3) is 0.267. The molecule has 0 bridgehead atoms. The van der Waals surface area contributed by atoms with Crippen LogP contribution in [0.4, 0.5) is 32.0 Å². The summed E-state index contributed by atoms with van der Waals surface area (Å²) >= 11 is 0. The molecular weight excluding hydrogens is 576 g/mol. The second kappa shape index (κ2) is 10.5. The number of carbonyl (C=O) groups is 2. The third-order valence-electron chi connectivity index (χ3n) is 8.08. The van der Waals surface area contributed by atoms with Crippen molar-refractivity contribution in [3.8, 4) is 16.9 Å². The Morgan fingerprint density at radius 3 is 2.23 bits per heavy atom.